The number of amides is 1. The highest BCUT2D eigenvalue weighted by Gasteiger charge is 2.23. The van der Waals surface area contributed by atoms with Crippen LogP contribution in [-0.4, -0.2) is 25.8 Å². The zero-order chi connectivity index (χ0) is 22.1. The molecule has 2 aromatic heterocycles. The number of aryl methyl sites for hydroxylation is 2. The van der Waals surface area contributed by atoms with Crippen molar-refractivity contribution in [3.05, 3.63) is 65.2 Å². The van der Waals surface area contributed by atoms with Crippen molar-refractivity contribution in [3.63, 3.8) is 0 Å². The predicted octanol–water partition coefficient (Wildman–Crippen LogP) is 6.13. The molecule has 0 radical (unpaired) electrons. The SMILES string of the molecule is CCC(Sc1nnc2cc(C)c3cccc(C)c3n12)C(=O)Nc1ccccc1C(C)C. The van der Waals surface area contributed by atoms with Crippen molar-refractivity contribution in [1.29, 1.82) is 0 Å². The molecule has 6 heteroatoms. The van der Waals surface area contributed by atoms with Gasteiger partial charge in [0, 0.05) is 11.1 Å². The second kappa shape index (κ2) is 8.71. The quantitative estimate of drug-likeness (QED) is 0.372. The Bertz CT molecular complexity index is 1260. The Balaban J connectivity index is 1.69. The number of para-hydroxylation sites is 2. The van der Waals surface area contributed by atoms with E-state index in [-0.39, 0.29) is 11.2 Å². The number of anilines is 1. The Morgan fingerprint density at radius 2 is 1.84 bits per heavy atom. The monoisotopic (exact) mass is 432 g/mol. The van der Waals surface area contributed by atoms with E-state index in [4.69, 9.17) is 0 Å². The molecule has 4 aromatic rings. The molecule has 4 rings (SSSR count). The summed E-state index contributed by atoms with van der Waals surface area (Å²) in [5.74, 6) is 0.327. The number of hydrogen-bond acceptors (Lipinski definition) is 4. The molecule has 0 saturated carbocycles. The standard InChI is InChI=1S/C25H28N4OS/c1-6-21(24(30)26-20-13-8-7-11-18(20)15(2)3)31-25-28-27-22-14-17(5)19-12-9-10-16(4)23(19)29(22)25/h7-15,21H,6H2,1-5H3,(H,26,30). The first-order valence-corrected chi connectivity index (χ1v) is 11.6. The first kappa shape index (κ1) is 21.4. The van der Waals surface area contributed by atoms with Crippen LogP contribution < -0.4 is 5.32 Å². The minimum absolute atomic E-state index is 0.00881. The molecular formula is C25H28N4OS. The summed E-state index contributed by atoms with van der Waals surface area (Å²) in [4.78, 5) is 13.2. The van der Waals surface area contributed by atoms with Crippen LogP contribution in [0.25, 0.3) is 16.6 Å². The maximum Gasteiger partial charge on any atom is 0.237 e. The maximum absolute atomic E-state index is 13.2. The average molecular weight is 433 g/mol. The molecule has 31 heavy (non-hydrogen) atoms. The summed E-state index contributed by atoms with van der Waals surface area (Å²) in [5.41, 5.74) is 6.26. The van der Waals surface area contributed by atoms with Gasteiger partial charge in [-0.3, -0.25) is 9.20 Å². The molecule has 1 unspecified atom stereocenters. The lowest BCUT2D eigenvalue weighted by Gasteiger charge is -2.18. The fraction of sp³-hybridized carbons (Fsp3) is 0.320. The predicted molar refractivity (Wildman–Crippen MR) is 129 cm³/mol. The summed E-state index contributed by atoms with van der Waals surface area (Å²) < 4.78 is 2.08. The summed E-state index contributed by atoms with van der Waals surface area (Å²) >= 11 is 1.47. The third-order valence-electron chi connectivity index (χ3n) is 5.64. The molecule has 0 aliphatic carbocycles. The number of benzene rings is 2. The van der Waals surface area contributed by atoms with Crippen molar-refractivity contribution in [2.75, 3.05) is 5.32 Å². The van der Waals surface area contributed by atoms with Gasteiger partial charge in [0.05, 0.1) is 10.8 Å². The zero-order valence-corrected chi connectivity index (χ0v) is 19.5. The minimum atomic E-state index is -0.270. The molecule has 0 bridgehead atoms. The van der Waals surface area contributed by atoms with Crippen LogP contribution in [0, 0.1) is 13.8 Å². The fourth-order valence-corrected chi connectivity index (χ4v) is 4.95. The lowest BCUT2D eigenvalue weighted by molar-refractivity contribution is -0.115. The molecule has 0 aliphatic rings. The Morgan fingerprint density at radius 3 is 2.58 bits per heavy atom. The van der Waals surface area contributed by atoms with Gasteiger partial charge in [-0.1, -0.05) is 68.9 Å². The van der Waals surface area contributed by atoms with E-state index in [1.54, 1.807) is 0 Å². The van der Waals surface area contributed by atoms with Crippen molar-refractivity contribution >= 4 is 39.9 Å². The van der Waals surface area contributed by atoms with Crippen molar-refractivity contribution in [3.8, 4) is 0 Å². The zero-order valence-electron chi connectivity index (χ0n) is 18.6. The molecule has 0 aliphatic heterocycles. The summed E-state index contributed by atoms with van der Waals surface area (Å²) in [6.07, 6.45) is 0.692. The molecule has 1 atom stereocenters. The lowest BCUT2D eigenvalue weighted by Crippen LogP contribution is -2.25. The molecule has 1 N–H and O–H groups in total. The number of rotatable bonds is 6. The van der Waals surface area contributed by atoms with E-state index in [0.717, 1.165) is 33.1 Å². The van der Waals surface area contributed by atoms with Gasteiger partial charge in [-0.05, 0) is 55.0 Å². The van der Waals surface area contributed by atoms with Gasteiger partial charge < -0.3 is 5.32 Å². The third-order valence-corrected chi connectivity index (χ3v) is 6.95. The van der Waals surface area contributed by atoms with Crippen LogP contribution in [0.3, 0.4) is 0 Å². The van der Waals surface area contributed by atoms with Crippen LogP contribution in [0.15, 0.2) is 53.7 Å². The van der Waals surface area contributed by atoms with Crippen molar-refractivity contribution in [2.24, 2.45) is 0 Å². The Hall–Kier alpha value is -2.86. The van der Waals surface area contributed by atoms with E-state index in [1.165, 1.54) is 22.7 Å². The number of nitrogens with one attached hydrogen (secondary N) is 1. The summed E-state index contributed by atoms with van der Waals surface area (Å²) in [6.45, 7) is 10.5. The minimum Gasteiger partial charge on any atom is -0.325 e. The van der Waals surface area contributed by atoms with Gasteiger partial charge in [0.1, 0.15) is 0 Å². The largest absolute Gasteiger partial charge is 0.325 e. The lowest BCUT2D eigenvalue weighted by atomic mass is 10.0. The van der Waals surface area contributed by atoms with Crippen LogP contribution in [0.2, 0.25) is 0 Å². The van der Waals surface area contributed by atoms with Crippen LogP contribution in [0.4, 0.5) is 5.69 Å². The highest BCUT2D eigenvalue weighted by molar-refractivity contribution is 8.00. The molecule has 1 amide bonds. The van der Waals surface area contributed by atoms with E-state index in [2.05, 4.69) is 77.9 Å². The summed E-state index contributed by atoms with van der Waals surface area (Å²) in [5, 5.41) is 13.6. The maximum atomic E-state index is 13.2. The van der Waals surface area contributed by atoms with Gasteiger partial charge in [0.25, 0.3) is 0 Å². The Morgan fingerprint density at radius 1 is 1.06 bits per heavy atom. The van der Waals surface area contributed by atoms with E-state index < -0.39 is 0 Å². The van der Waals surface area contributed by atoms with E-state index in [0.29, 0.717) is 12.3 Å². The fourth-order valence-electron chi connectivity index (χ4n) is 3.98. The Kier molecular flexibility index (Phi) is 6.01. The summed E-state index contributed by atoms with van der Waals surface area (Å²) in [7, 11) is 0. The highest BCUT2D eigenvalue weighted by Crippen LogP contribution is 2.31. The Labute approximate surface area is 187 Å². The van der Waals surface area contributed by atoms with Gasteiger partial charge >= 0.3 is 0 Å². The summed E-state index contributed by atoms with van der Waals surface area (Å²) in [6, 6.07) is 16.4. The molecule has 5 nitrogen and oxygen atoms in total. The molecule has 0 spiro atoms. The second-order valence-corrected chi connectivity index (χ2v) is 9.39. The molecule has 0 fully saturated rings. The average Bonchev–Trinajstić information content (AvgIpc) is 3.14. The number of carbonyl (C=O) groups is 1. The normalized spacial score (nSPS) is 12.6. The second-order valence-electron chi connectivity index (χ2n) is 8.22. The molecule has 160 valence electrons. The highest BCUT2D eigenvalue weighted by atomic mass is 32.2. The number of fused-ring (bicyclic) bond motifs is 3. The van der Waals surface area contributed by atoms with Crippen LogP contribution in [0.1, 0.15) is 49.8 Å². The van der Waals surface area contributed by atoms with Crippen LogP contribution in [-0.2, 0) is 4.79 Å². The first-order chi connectivity index (χ1) is 14.9. The molecule has 2 aromatic carbocycles. The van der Waals surface area contributed by atoms with Gasteiger partial charge in [-0.15, -0.1) is 10.2 Å². The first-order valence-electron chi connectivity index (χ1n) is 10.7. The van der Waals surface area contributed by atoms with Crippen LogP contribution >= 0.6 is 11.8 Å². The number of pyridine rings is 1. The number of carbonyl (C=O) groups excluding carboxylic acids is 1. The molecule has 2 heterocycles. The van der Waals surface area contributed by atoms with Crippen molar-refractivity contribution in [1.82, 2.24) is 14.6 Å². The third kappa shape index (κ3) is 4.04. The van der Waals surface area contributed by atoms with E-state index in [1.807, 2.05) is 25.1 Å². The molecular weight excluding hydrogens is 404 g/mol. The van der Waals surface area contributed by atoms with E-state index >= 15 is 0 Å². The molecule has 0 saturated heterocycles. The van der Waals surface area contributed by atoms with Gasteiger partial charge in [0.2, 0.25) is 5.91 Å². The van der Waals surface area contributed by atoms with Crippen LogP contribution in [0.5, 0.6) is 0 Å². The number of aromatic nitrogens is 3. The van der Waals surface area contributed by atoms with Gasteiger partial charge in [0.15, 0.2) is 10.8 Å². The van der Waals surface area contributed by atoms with Gasteiger partial charge in [-0.2, -0.15) is 0 Å². The van der Waals surface area contributed by atoms with E-state index in [9.17, 15) is 4.79 Å². The van der Waals surface area contributed by atoms with Crippen molar-refractivity contribution < 1.29 is 4.79 Å². The number of thioether (sulfide) groups is 1. The topological polar surface area (TPSA) is 59.3 Å². The number of nitrogens with zero attached hydrogens (tertiary/aromatic N) is 3. The van der Waals surface area contributed by atoms with Crippen molar-refractivity contribution in [2.45, 2.75) is 57.4 Å². The number of hydrogen-bond donors (Lipinski definition) is 1. The van der Waals surface area contributed by atoms with Gasteiger partial charge in [-0.25, -0.2) is 0 Å². The smallest absolute Gasteiger partial charge is 0.237 e.